The summed E-state index contributed by atoms with van der Waals surface area (Å²) in [6.45, 7) is 8.31. The summed E-state index contributed by atoms with van der Waals surface area (Å²) >= 11 is 0. The molecule has 0 aliphatic carbocycles. The van der Waals surface area contributed by atoms with Crippen molar-refractivity contribution in [1.82, 2.24) is 15.1 Å². The second-order valence-corrected chi connectivity index (χ2v) is 7.26. The van der Waals surface area contributed by atoms with Crippen LogP contribution in [0.3, 0.4) is 0 Å². The number of amides is 1. The molecule has 176 valence electrons. The molecule has 0 radical (unpaired) electrons. The van der Waals surface area contributed by atoms with Crippen molar-refractivity contribution in [2.45, 2.75) is 51.5 Å². The van der Waals surface area contributed by atoms with Crippen LogP contribution in [0.25, 0.3) is 0 Å². The van der Waals surface area contributed by atoms with Crippen LogP contribution in [-0.2, 0) is 19.1 Å². The molecule has 1 amide bonds. The van der Waals surface area contributed by atoms with E-state index in [2.05, 4.69) is 33.8 Å². The quantitative estimate of drug-likeness (QED) is 0.129. The maximum Gasteiger partial charge on any atom is 0.323 e. The lowest BCUT2D eigenvalue weighted by atomic mass is 10.0. The minimum atomic E-state index is -0.223. The summed E-state index contributed by atoms with van der Waals surface area (Å²) in [6, 6.07) is -0.223. The highest BCUT2D eigenvalue weighted by molar-refractivity contribution is 5.97. The first-order valence-corrected chi connectivity index (χ1v) is 10.8. The van der Waals surface area contributed by atoms with Gasteiger partial charge >= 0.3 is 5.97 Å². The van der Waals surface area contributed by atoms with Crippen molar-refractivity contribution in [1.29, 1.82) is 0 Å². The van der Waals surface area contributed by atoms with Crippen molar-refractivity contribution in [2.24, 2.45) is 15.7 Å². The van der Waals surface area contributed by atoms with E-state index < -0.39 is 0 Å². The zero-order valence-electron chi connectivity index (χ0n) is 19.1. The largest absolute Gasteiger partial charge is 0.468 e. The molecular weight excluding hydrogens is 400 g/mol. The van der Waals surface area contributed by atoms with Gasteiger partial charge in [-0.2, -0.15) is 0 Å². The van der Waals surface area contributed by atoms with Crippen molar-refractivity contribution in [3.63, 3.8) is 0 Å². The number of carbonyl (C=O) groups is 2. The van der Waals surface area contributed by atoms with Crippen LogP contribution >= 0.6 is 0 Å². The minimum Gasteiger partial charge on any atom is -0.468 e. The molecule has 1 aliphatic rings. The van der Waals surface area contributed by atoms with E-state index in [1.807, 2.05) is 0 Å². The first-order chi connectivity index (χ1) is 15.0. The molecule has 1 aliphatic heterocycles. The molecule has 1 fully saturated rings. The van der Waals surface area contributed by atoms with Crippen LogP contribution < -0.4 is 11.1 Å². The van der Waals surface area contributed by atoms with Crippen molar-refractivity contribution in [3.8, 4) is 0 Å². The highest BCUT2D eigenvalue weighted by Crippen LogP contribution is 2.19. The number of amidine groups is 1. The van der Waals surface area contributed by atoms with E-state index in [1.54, 1.807) is 7.05 Å². The molecule has 1 heterocycles. The third-order valence-corrected chi connectivity index (χ3v) is 5.18. The number of aliphatic imine (C=N–C) groups is 2. The van der Waals surface area contributed by atoms with Crippen LogP contribution in [0, 0.1) is 0 Å². The molecule has 1 rings (SSSR count). The molecule has 3 N–H and O–H groups in total. The molecule has 0 spiro atoms. The molecule has 0 bridgehead atoms. The van der Waals surface area contributed by atoms with E-state index in [0.717, 1.165) is 38.6 Å². The van der Waals surface area contributed by atoms with Gasteiger partial charge in [-0.15, -0.1) is 0 Å². The number of piperidine rings is 1. The minimum absolute atomic E-state index is 0.131. The lowest BCUT2D eigenvalue weighted by Crippen LogP contribution is -2.46. The molecule has 10 nitrogen and oxygen atoms in total. The van der Waals surface area contributed by atoms with Crippen LogP contribution in [0.2, 0.25) is 0 Å². The fraction of sp³-hybridized carbons (Fsp3) is 0.714. The molecule has 0 aromatic heterocycles. The summed E-state index contributed by atoms with van der Waals surface area (Å²) in [5.41, 5.74) is 6.49. The topological polar surface area (TPSA) is 122 Å². The number of ether oxygens (including phenoxy) is 2. The summed E-state index contributed by atoms with van der Waals surface area (Å²) in [7, 11) is 3.09. The molecule has 1 atom stereocenters. The Morgan fingerprint density at radius 2 is 2.16 bits per heavy atom. The van der Waals surface area contributed by atoms with E-state index in [0.29, 0.717) is 44.0 Å². The number of hydrogen-bond acceptors (Lipinski definition) is 8. The number of esters is 1. The molecule has 0 saturated carbocycles. The van der Waals surface area contributed by atoms with E-state index in [4.69, 9.17) is 15.2 Å². The number of rotatable bonds is 15. The van der Waals surface area contributed by atoms with Gasteiger partial charge in [0.1, 0.15) is 24.3 Å². The van der Waals surface area contributed by atoms with E-state index in [-0.39, 0.29) is 24.6 Å². The van der Waals surface area contributed by atoms with Gasteiger partial charge < -0.3 is 20.5 Å². The number of nitrogens with one attached hydrogen (secondary N) is 1. The van der Waals surface area contributed by atoms with Crippen molar-refractivity contribution in [2.75, 3.05) is 47.1 Å². The number of hydrogen-bond donors (Lipinski definition) is 2. The van der Waals surface area contributed by atoms with Gasteiger partial charge in [-0.25, -0.2) is 9.98 Å². The second kappa shape index (κ2) is 15.4. The van der Waals surface area contributed by atoms with Gasteiger partial charge in [0, 0.05) is 26.7 Å². The number of unbranched alkanes of at least 4 members (excludes halogenated alkanes) is 1. The SMILES string of the molecule is C=N/C(=C(NC)\C(N)=N/COCCCC)N(C=O)CCCN1CCCCC1C(=O)OC. The van der Waals surface area contributed by atoms with E-state index in [9.17, 15) is 9.59 Å². The van der Waals surface area contributed by atoms with Crippen LogP contribution in [-0.4, -0.2) is 87.9 Å². The molecule has 31 heavy (non-hydrogen) atoms. The van der Waals surface area contributed by atoms with Crippen LogP contribution in [0.5, 0.6) is 0 Å². The number of carbonyl (C=O) groups excluding carboxylic acids is 2. The Labute approximate surface area is 185 Å². The fourth-order valence-electron chi connectivity index (χ4n) is 3.49. The Balaban J connectivity index is 2.78. The van der Waals surface area contributed by atoms with Crippen LogP contribution in [0.4, 0.5) is 0 Å². The number of likely N-dealkylation sites (N-methyl/N-ethyl adjacent to an activating group) is 1. The van der Waals surface area contributed by atoms with Crippen LogP contribution in [0.15, 0.2) is 21.5 Å². The predicted molar refractivity (Wildman–Crippen MR) is 122 cm³/mol. The van der Waals surface area contributed by atoms with Crippen molar-refractivity contribution < 1.29 is 19.1 Å². The van der Waals surface area contributed by atoms with Gasteiger partial charge in [0.15, 0.2) is 5.82 Å². The lowest BCUT2D eigenvalue weighted by Gasteiger charge is -2.34. The van der Waals surface area contributed by atoms with Gasteiger partial charge in [0.25, 0.3) is 0 Å². The van der Waals surface area contributed by atoms with Crippen LogP contribution in [0.1, 0.15) is 45.4 Å². The highest BCUT2D eigenvalue weighted by Gasteiger charge is 2.29. The Kier molecular flexibility index (Phi) is 13.2. The van der Waals surface area contributed by atoms with Crippen molar-refractivity contribution in [3.05, 3.63) is 11.5 Å². The molecule has 10 heteroatoms. The van der Waals surface area contributed by atoms with Gasteiger partial charge in [-0.3, -0.25) is 19.4 Å². The Bertz CT molecular complexity index is 637. The van der Waals surface area contributed by atoms with Gasteiger partial charge in [-0.1, -0.05) is 19.8 Å². The summed E-state index contributed by atoms with van der Waals surface area (Å²) in [5, 5.41) is 2.95. The summed E-state index contributed by atoms with van der Waals surface area (Å²) in [5.74, 6) is 0.286. The van der Waals surface area contributed by atoms with Gasteiger partial charge in [0.05, 0.1) is 7.11 Å². The second-order valence-electron chi connectivity index (χ2n) is 7.26. The fourth-order valence-corrected chi connectivity index (χ4v) is 3.49. The number of nitrogens with zero attached hydrogens (tertiary/aromatic N) is 4. The normalized spacial score (nSPS) is 18.2. The standard InChI is InChI=1S/C21H38N6O4/c1-5-6-14-31-15-25-19(22)18(23-2)20(24-3)27(16-28)13-9-12-26-11-8-7-10-17(26)21(29)30-4/h16-17,23H,3,5-15H2,1-2,4H3,(H2,22,25)/b20-18-. The maximum atomic E-state index is 12.0. The molecule has 0 aromatic carbocycles. The maximum absolute atomic E-state index is 12.0. The summed E-state index contributed by atoms with van der Waals surface area (Å²) < 4.78 is 10.3. The Hall–Kier alpha value is -2.46. The number of methoxy groups -OCH3 is 1. The lowest BCUT2D eigenvalue weighted by molar-refractivity contribution is -0.148. The van der Waals surface area contributed by atoms with Crippen molar-refractivity contribution >= 4 is 24.9 Å². The first-order valence-electron chi connectivity index (χ1n) is 10.8. The molecular formula is C21H38N6O4. The van der Waals surface area contributed by atoms with E-state index in [1.165, 1.54) is 12.0 Å². The van der Waals surface area contributed by atoms with Gasteiger partial charge in [0.2, 0.25) is 6.41 Å². The Morgan fingerprint density at radius 3 is 2.77 bits per heavy atom. The van der Waals surface area contributed by atoms with E-state index >= 15 is 0 Å². The predicted octanol–water partition coefficient (Wildman–Crippen LogP) is 1.08. The summed E-state index contributed by atoms with van der Waals surface area (Å²) in [4.78, 5) is 35.6. The third kappa shape index (κ3) is 8.66. The molecule has 1 saturated heterocycles. The zero-order chi connectivity index (χ0) is 23.1. The smallest absolute Gasteiger partial charge is 0.323 e. The summed E-state index contributed by atoms with van der Waals surface area (Å²) in [6.07, 6.45) is 6.19. The monoisotopic (exact) mass is 438 g/mol. The molecule has 0 aromatic rings. The average molecular weight is 439 g/mol. The average Bonchev–Trinajstić information content (AvgIpc) is 2.80. The highest BCUT2D eigenvalue weighted by atomic mass is 16.5. The van der Waals surface area contributed by atoms with Gasteiger partial charge in [-0.05, 0) is 38.9 Å². The zero-order valence-corrected chi connectivity index (χ0v) is 19.1. The number of likely N-dealkylation sites (tertiary alicyclic amines) is 1. The third-order valence-electron chi connectivity index (χ3n) is 5.18. The number of nitrogens with two attached hydrogens (primary N) is 1. The Morgan fingerprint density at radius 1 is 1.39 bits per heavy atom. The molecule has 1 unspecified atom stereocenters. The first kappa shape index (κ1) is 26.6.